The summed E-state index contributed by atoms with van der Waals surface area (Å²) < 4.78 is 14.1. The van der Waals surface area contributed by atoms with Crippen LogP contribution in [0.1, 0.15) is 46.0 Å². The molecule has 1 heterocycles. The third-order valence-electron chi connectivity index (χ3n) is 4.29. The van der Waals surface area contributed by atoms with Gasteiger partial charge in [0, 0.05) is 17.7 Å². The molecule has 0 aliphatic rings. The van der Waals surface area contributed by atoms with Crippen LogP contribution in [0.25, 0.3) is 11.0 Å². The Kier molecular flexibility index (Phi) is 5.79. The Hall–Kier alpha value is -3.06. The maximum absolute atomic E-state index is 14.1. The number of amides is 2. The van der Waals surface area contributed by atoms with Crippen LogP contribution in [0.2, 0.25) is 5.02 Å². The third-order valence-corrected chi connectivity index (χ3v) is 4.62. The zero-order valence-electron chi connectivity index (χ0n) is 16.4. The van der Waals surface area contributed by atoms with E-state index >= 15 is 0 Å². The van der Waals surface area contributed by atoms with E-state index in [1.165, 1.54) is 18.2 Å². The molecule has 29 heavy (non-hydrogen) atoms. The fourth-order valence-electron chi connectivity index (χ4n) is 2.77. The molecule has 0 radical (unpaired) electrons. The van der Waals surface area contributed by atoms with E-state index in [1.54, 1.807) is 19.9 Å². The van der Waals surface area contributed by atoms with Crippen molar-refractivity contribution in [2.24, 2.45) is 0 Å². The maximum Gasteiger partial charge on any atom is 0.258 e. The zero-order valence-corrected chi connectivity index (χ0v) is 17.2. The summed E-state index contributed by atoms with van der Waals surface area (Å²) in [5.41, 5.74) is 2.48. The lowest BCUT2D eigenvalue weighted by atomic mass is 10.1. The van der Waals surface area contributed by atoms with E-state index in [-0.39, 0.29) is 39.3 Å². The first-order valence-corrected chi connectivity index (χ1v) is 9.39. The summed E-state index contributed by atoms with van der Waals surface area (Å²) in [6.07, 6.45) is 0. The number of fused-ring (bicyclic) bond motifs is 1. The van der Waals surface area contributed by atoms with Crippen LogP contribution in [0.4, 0.5) is 10.1 Å². The zero-order chi connectivity index (χ0) is 21.3. The SMILES string of the molecule is Cc1nc2cc(F)cc(C(=O)Nc3cc(C(=O)NC(C)C)ccc3Cl)c2nc1C. The average molecular weight is 415 g/mol. The van der Waals surface area contributed by atoms with Gasteiger partial charge < -0.3 is 10.6 Å². The smallest absolute Gasteiger partial charge is 0.258 e. The molecule has 0 saturated carbocycles. The number of nitrogens with zero attached hydrogens (tertiary/aromatic N) is 2. The van der Waals surface area contributed by atoms with Crippen LogP contribution < -0.4 is 10.6 Å². The summed E-state index contributed by atoms with van der Waals surface area (Å²) in [5.74, 6) is -1.49. The second-order valence-electron chi connectivity index (χ2n) is 6.99. The van der Waals surface area contributed by atoms with Crippen LogP contribution in [-0.4, -0.2) is 27.8 Å². The first-order chi connectivity index (χ1) is 13.7. The van der Waals surface area contributed by atoms with Crippen molar-refractivity contribution in [2.45, 2.75) is 33.7 Å². The molecule has 0 saturated heterocycles. The summed E-state index contributed by atoms with van der Waals surface area (Å²) in [4.78, 5) is 33.8. The Bertz CT molecular complexity index is 1130. The standard InChI is InChI=1S/C21H20ClFN4O2/c1-10(2)24-20(28)13-5-6-16(22)17(7-13)27-21(29)15-8-14(23)9-18-19(15)26-12(4)11(3)25-18/h5-10H,1-4H3,(H,24,28)(H,27,29). The van der Waals surface area contributed by atoms with Gasteiger partial charge in [0.1, 0.15) is 11.3 Å². The molecule has 8 heteroatoms. The van der Waals surface area contributed by atoms with Crippen LogP contribution in [-0.2, 0) is 0 Å². The molecule has 0 atom stereocenters. The van der Waals surface area contributed by atoms with Crippen LogP contribution in [0.15, 0.2) is 30.3 Å². The molecule has 2 amide bonds. The number of aryl methyl sites for hydroxylation is 2. The molecular formula is C21H20ClFN4O2. The lowest BCUT2D eigenvalue weighted by Gasteiger charge is -2.13. The van der Waals surface area contributed by atoms with Gasteiger partial charge in [-0.25, -0.2) is 14.4 Å². The first kappa shape index (κ1) is 20.7. The van der Waals surface area contributed by atoms with Gasteiger partial charge in [-0.15, -0.1) is 0 Å². The normalized spacial score (nSPS) is 11.0. The van der Waals surface area contributed by atoms with E-state index in [2.05, 4.69) is 20.6 Å². The van der Waals surface area contributed by atoms with E-state index in [1.807, 2.05) is 13.8 Å². The van der Waals surface area contributed by atoms with Gasteiger partial charge in [-0.2, -0.15) is 0 Å². The van der Waals surface area contributed by atoms with Gasteiger partial charge in [-0.05, 0) is 52.0 Å². The number of hydrogen-bond donors (Lipinski definition) is 2. The molecule has 0 aliphatic heterocycles. The molecular weight excluding hydrogens is 395 g/mol. The average Bonchev–Trinajstić information content (AvgIpc) is 2.63. The minimum atomic E-state index is -0.602. The molecule has 0 unspecified atom stereocenters. The Morgan fingerprint density at radius 2 is 1.72 bits per heavy atom. The topological polar surface area (TPSA) is 84.0 Å². The van der Waals surface area contributed by atoms with Crippen molar-refractivity contribution in [3.05, 3.63) is 63.7 Å². The van der Waals surface area contributed by atoms with Crippen molar-refractivity contribution in [3.63, 3.8) is 0 Å². The third kappa shape index (κ3) is 4.51. The highest BCUT2D eigenvalue weighted by Gasteiger charge is 2.18. The molecule has 6 nitrogen and oxygen atoms in total. The van der Waals surface area contributed by atoms with Crippen LogP contribution in [0, 0.1) is 19.7 Å². The number of nitrogens with one attached hydrogen (secondary N) is 2. The van der Waals surface area contributed by atoms with Crippen molar-refractivity contribution in [3.8, 4) is 0 Å². The van der Waals surface area contributed by atoms with Gasteiger partial charge in [0.2, 0.25) is 0 Å². The molecule has 150 valence electrons. The summed E-state index contributed by atoms with van der Waals surface area (Å²) in [5, 5.41) is 5.66. The number of benzene rings is 2. The number of hydrogen-bond acceptors (Lipinski definition) is 4. The fourth-order valence-corrected chi connectivity index (χ4v) is 2.93. The predicted octanol–water partition coefficient (Wildman–Crippen LogP) is 4.43. The van der Waals surface area contributed by atoms with Crippen molar-refractivity contribution in [1.29, 1.82) is 0 Å². The minimum absolute atomic E-state index is 0.0312. The number of anilines is 1. The first-order valence-electron chi connectivity index (χ1n) is 9.02. The Labute approximate surface area is 172 Å². The molecule has 3 aromatic rings. The van der Waals surface area contributed by atoms with Gasteiger partial charge in [0.25, 0.3) is 11.8 Å². The largest absolute Gasteiger partial charge is 0.350 e. The number of carbonyl (C=O) groups is 2. The minimum Gasteiger partial charge on any atom is -0.350 e. The van der Waals surface area contributed by atoms with Crippen molar-refractivity contribution in [2.75, 3.05) is 5.32 Å². The van der Waals surface area contributed by atoms with Crippen LogP contribution in [0.3, 0.4) is 0 Å². The Balaban J connectivity index is 1.99. The Morgan fingerprint density at radius 1 is 1.03 bits per heavy atom. The molecule has 1 aromatic heterocycles. The van der Waals surface area contributed by atoms with Crippen LogP contribution >= 0.6 is 11.6 Å². The van der Waals surface area contributed by atoms with E-state index in [9.17, 15) is 14.0 Å². The van der Waals surface area contributed by atoms with Gasteiger partial charge in [0.05, 0.1) is 33.2 Å². The molecule has 2 aromatic carbocycles. The molecule has 0 aliphatic carbocycles. The highest BCUT2D eigenvalue weighted by Crippen LogP contribution is 2.26. The van der Waals surface area contributed by atoms with Gasteiger partial charge >= 0.3 is 0 Å². The van der Waals surface area contributed by atoms with Crippen molar-refractivity contribution >= 4 is 40.1 Å². The Morgan fingerprint density at radius 3 is 2.41 bits per heavy atom. The van der Waals surface area contributed by atoms with Gasteiger partial charge in [-0.1, -0.05) is 11.6 Å². The fraction of sp³-hybridized carbons (Fsp3) is 0.238. The van der Waals surface area contributed by atoms with Crippen molar-refractivity contribution < 1.29 is 14.0 Å². The van der Waals surface area contributed by atoms with Crippen LogP contribution in [0.5, 0.6) is 0 Å². The molecule has 0 fully saturated rings. The second kappa shape index (κ2) is 8.13. The van der Waals surface area contributed by atoms with Crippen molar-refractivity contribution in [1.82, 2.24) is 15.3 Å². The summed E-state index contributed by atoms with van der Waals surface area (Å²) >= 11 is 6.19. The van der Waals surface area contributed by atoms with E-state index in [4.69, 9.17) is 11.6 Å². The van der Waals surface area contributed by atoms with Gasteiger partial charge in [-0.3, -0.25) is 9.59 Å². The van der Waals surface area contributed by atoms with E-state index in [0.717, 1.165) is 6.07 Å². The van der Waals surface area contributed by atoms with Gasteiger partial charge in [0.15, 0.2) is 0 Å². The lowest BCUT2D eigenvalue weighted by Crippen LogP contribution is -2.30. The predicted molar refractivity (Wildman–Crippen MR) is 111 cm³/mol. The quantitative estimate of drug-likeness (QED) is 0.661. The molecule has 2 N–H and O–H groups in total. The summed E-state index contributed by atoms with van der Waals surface area (Å²) in [6, 6.07) is 6.84. The monoisotopic (exact) mass is 414 g/mol. The maximum atomic E-state index is 14.1. The second-order valence-corrected chi connectivity index (χ2v) is 7.40. The number of rotatable bonds is 4. The molecule has 0 bridgehead atoms. The summed E-state index contributed by atoms with van der Waals surface area (Å²) in [6.45, 7) is 7.22. The number of aromatic nitrogens is 2. The molecule has 3 rings (SSSR count). The number of carbonyl (C=O) groups excluding carboxylic acids is 2. The highest BCUT2D eigenvalue weighted by atomic mass is 35.5. The summed E-state index contributed by atoms with van der Waals surface area (Å²) in [7, 11) is 0. The lowest BCUT2D eigenvalue weighted by molar-refractivity contribution is 0.0942. The van der Waals surface area contributed by atoms with E-state index in [0.29, 0.717) is 17.0 Å². The number of halogens is 2. The van der Waals surface area contributed by atoms with E-state index < -0.39 is 11.7 Å². The highest BCUT2D eigenvalue weighted by molar-refractivity contribution is 6.34. The molecule has 0 spiro atoms.